The van der Waals surface area contributed by atoms with Crippen LogP contribution in [0.5, 0.6) is 0 Å². The summed E-state index contributed by atoms with van der Waals surface area (Å²) in [7, 11) is -3.80. The van der Waals surface area contributed by atoms with Gasteiger partial charge in [-0.25, -0.2) is 12.8 Å². The molecule has 0 radical (unpaired) electrons. The SMILES string of the molecule is O=S(=O)(Cc1ccccc1Cl)Nc1cc(N2CCOCC2)ccc1F. The summed E-state index contributed by atoms with van der Waals surface area (Å²) < 4.78 is 46.5. The van der Waals surface area contributed by atoms with Crippen LogP contribution in [0.1, 0.15) is 5.56 Å². The van der Waals surface area contributed by atoms with Crippen LogP contribution in [0, 0.1) is 5.82 Å². The highest BCUT2D eigenvalue weighted by Crippen LogP contribution is 2.26. The molecule has 1 heterocycles. The number of nitrogens with zero attached hydrogens (tertiary/aromatic N) is 1. The maximum Gasteiger partial charge on any atom is 0.237 e. The monoisotopic (exact) mass is 384 g/mol. The van der Waals surface area contributed by atoms with Gasteiger partial charge < -0.3 is 9.64 Å². The lowest BCUT2D eigenvalue weighted by molar-refractivity contribution is 0.122. The normalized spacial score (nSPS) is 15.2. The van der Waals surface area contributed by atoms with Crippen LogP contribution in [0.4, 0.5) is 15.8 Å². The van der Waals surface area contributed by atoms with Gasteiger partial charge >= 0.3 is 0 Å². The van der Waals surface area contributed by atoms with Crippen LogP contribution in [0.25, 0.3) is 0 Å². The van der Waals surface area contributed by atoms with Crippen LogP contribution in [0.2, 0.25) is 5.02 Å². The van der Waals surface area contributed by atoms with E-state index >= 15 is 0 Å². The first-order valence-electron chi connectivity index (χ1n) is 7.81. The minimum atomic E-state index is -3.80. The molecule has 0 bridgehead atoms. The minimum absolute atomic E-state index is 0.0731. The Hall–Kier alpha value is -1.83. The highest BCUT2D eigenvalue weighted by Gasteiger charge is 2.18. The average molecular weight is 385 g/mol. The van der Waals surface area contributed by atoms with Crippen molar-refractivity contribution in [3.05, 3.63) is 58.9 Å². The van der Waals surface area contributed by atoms with E-state index in [0.29, 0.717) is 36.9 Å². The molecular formula is C17H18ClFN2O3S. The van der Waals surface area contributed by atoms with Crippen LogP contribution < -0.4 is 9.62 Å². The van der Waals surface area contributed by atoms with E-state index in [4.69, 9.17) is 16.3 Å². The van der Waals surface area contributed by atoms with Crippen molar-refractivity contribution < 1.29 is 17.5 Å². The maximum atomic E-state index is 14.1. The van der Waals surface area contributed by atoms with Gasteiger partial charge in [0.1, 0.15) is 5.82 Å². The summed E-state index contributed by atoms with van der Waals surface area (Å²) in [5, 5.41) is 0.357. The zero-order valence-corrected chi connectivity index (χ0v) is 15.0. The van der Waals surface area contributed by atoms with Crippen LogP contribution in [0.3, 0.4) is 0 Å². The molecule has 0 atom stereocenters. The lowest BCUT2D eigenvalue weighted by Crippen LogP contribution is -2.36. The van der Waals surface area contributed by atoms with Gasteiger partial charge in [0.15, 0.2) is 0 Å². The summed E-state index contributed by atoms with van der Waals surface area (Å²) in [5.41, 5.74) is 1.14. The van der Waals surface area contributed by atoms with E-state index in [1.165, 1.54) is 12.1 Å². The number of anilines is 2. The zero-order valence-electron chi connectivity index (χ0n) is 13.4. The van der Waals surface area contributed by atoms with E-state index in [9.17, 15) is 12.8 Å². The number of hydrogen-bond acceptors (Lipinski definition) is 4. The fourth-order valence-electron chi connectivity index (χ4n) is 2.63. The van der Waals surface area contributed by atoms with Crippen LogP contribution in [-0.4, -0.2) is 34.7 Å². The number of nitrogens with one attached hydrogen (secondary N) is 1. The third kappa shape index (κ3) is 4.62. The topological polar surface area (TPSA) is 58.6 Å². The fourth-order valence-corrected chi connectivity index (χ4v) is 4.14. The second-order valence-corrected chi connectivity index (χ2v) is 7.85. The molecule has 3 rings (SSSR count). The molecule has 0 amide bonds. The molecule has 2 aromatic rings. The molecule has 0 spiro atoms. The van der Waals surface area contributed by atoms with E-state index in [1.54, 1.807) is 30.3 Å². The number of sulfonamides is 1. The second-order valence-electron chi connectivity index (χ2n) is 5.72. The van der Waals surface area contributed by atoms with Gasteiger partial charge in [0.2, 0.25) is 10.0 Å². The van der Waals surface area contributed by atoms with E-state index < -0.39 is 15.8 Å². The molecule has 1 saturated heterocycles. The molecule has 1 N–H and O–H groups in total. The molecular weight excluding hydrogens is 367 g/mol. The first-order valence-corrected chi connectivity index (χ1v) is 9.84. The Kier molecular flexibility index (Phi) is 5.46. The van der Waals surface area contributed by atoms with E-state index in [1.807, 2.05) is 4.90 Å². The average Bonchev–Trinajstić information content (AvgIpc) is 2.59. The van der Waals surface area contributed by atoms with Crippen molar-refractivity contribution in [2.75, 3.05) is 35.9 Å². The number of halogens is 2. The van der Waals surface area contributed by atoms with Gasteiger partial charge in [-0.15, -0.1) is 0 Å². The van der Waals surface area contributed by atoms with Gasteiger partial charge in [-0.1, -0.05) is 29.8 Å². The quantitative estimate of drug-likeness (QED) is 0.859. The lowest BCUT2D eigenvalue weighted by atomic mass is 10.2. The van der Waals surface area contributed by atoms with Crippen LogP contribution >= 0.6 is 11.6 Å². The third-order valence-corrected chi connectivity index (χ3v) is 5.49. The Labute approximate surface area is 151 Å². The standard InChI is InChI=1S/C17H18ClFN2O3S/c18-15-4-2-1-3-13(15)12-25(22,23)20-17-11-14(5-6-16(17)19)21-7-9-24-10-8-21/h1-6,11,20H,7-10,12H2. The number of morpholine rings is 1. The van der Waals surface area contributed by atoms with Crippen molar-refractivity contribution in [2.45, 2.75) is 5.75 Å². The minimum Gasteiger partial charge on any atom is -0.378 e. The van der Waals surface area contributed by atoms with Crippen molar-refractivity contribution in [1.82, 2.24) is 0 Å². The van der Waals surface area contributed by atoms with Crippen LogP contribution in [-0.2, 0) is 20.5 Å². The van der Waals surface area contributed by atoms with E-state index in [2.05, 4.69) is 4.72 Å². The molecule has 8 heteroatoms. The number of rotatable bonds is 5. The Morgan fingerprint density at radius 2 is 1.88 bits per heavy atom. The maximum absolute atomic E-state index is 14.1. The van der Waals surface area contributed by atoms with Crippen molar-refractivity contribution in [3.8, 4) is 0 Å². The molecule has 5 nitrogen and oxygen atoms in total. The highest BCUT2D eigenvalue weighted by atomic mass is 35.5. The van der Waals surface area contributed by atoms with Gasteiger partial charge in [-0.05, 0) is 29.8 Å². The number of benzene rings is 2. The first-order chi connectivity index (χ1) is 11.9. The predicted molar refractivity (Wildman–Crippen MR) is 97.1 cm³/mol. The zero-order chi connectivity index (χ0) is 17.9. The van der Waals surface area contributed by atoms with Gasteiger partial charge in [0.25, 0.3) is 0 Å². The summed E-state index contributed by atoms with van der Waals surface area (Å²) >= 11 is 6.01. The Bertz CT molecular complexity index is 855. The molecule has 1 fully saturated rings. The predicted octanol–water partition coefficient (Wildman–Crippen LogP) is 3.26. The third-order valence-electron chi connectivity index (χ3n) is 3.89. The fraction of sp³-hybridized carbons (Fsp3) is 0.294. The van der Waals surface area contributed by atoms with Crippen molar-refractivity contribution in [3.63, 3.8) is 0 Å². The summed E-state index contributed by atoms with van der Waals surface area (Å²) in [6.07, 6.45) is 0. The number of hydrogen-bond donors (Lipinski definition) is 1. The van der Waals surface area contributed by atoms with Gasteiger partial charge in [0.05, 0.1) is 24.7 Å². The molecule has 1 aliphatic heterocycles. The Balaban J connectivity index is 1.80. The molecule has 0 aromatic heterocycles. The van der Waals surface area contributed by atoms with Crippen molar-refractivity contribution in [2.24, 2.45) is 0 Å². The van der Waals surface area contributed by atoms with E-state index in [0.717, 1.165) is 5.69 Å². The first kappa shape index (κ1) is 18.0. The summed E-state index contributed by atoms with van der Waals surface area (Å²) in [5.74, 6) is -0.951. The molecule has 2 aromatic carbocycles. The molecule has 25 heavy (non-hydrogen) atoms. The molecule has 0 unspecified atom stereocenters. The summed E-state index contributed by atoms with van der Waals surface area (Å²) in [4.78, 5) is 2.02. The van der Waals surface area contributed by atoms with Crippen molar-refractivity contribution in [1.29, 1.82) is 0 Å². The lowest BCUT2D eigenvalue weighted by Gasteiger charge is -2.29. The number of ether oxygens (including phenoxy) is 1. The summed E-state index contributed by atoms with van der Waals surface area (Å²) in [6, 6.07) is 11.1. The molecule has 134 valence electrons. The molecule has 0 aliphatic carbocycles. The van der Waals surface area contributed by atoms with E-state index in [-0.39, 0.29) is 11.4 Å². The van der Waals surface area contributed by atoms with Crippen molar-refractivity contribution >= 4 is 33.0 Å². The Morgan fingerprint density at radius 3 is 2.60 bits per heavy atom. The molecule has 0 saturated carbocycles. The summed E-state index contributed by atoms with van der Waals surface area (Å²) in [6.45, 7) is 2.53. The van der Waals surface area contributed by atoms with Gasteiger partial charge in [-0.3, -0.25) is 4.72 Å². The highest BCUT2D eigenvalue weighted by molar-refractivity contribution is 7.91. The van der Waals surface area contributed by atoms with Gasteiger partial charge in [-0.2, -0.15) is 0 Å². The van der Waals surface area contributed by atoms with Crippen LogP contribution in [0.15, 0.2) is 42.5 Å². The van der Waals surface area contributed by atoms with Gasteiger partial charge in [0, 0.05) is 23.8 Å². The Morgan fingerprint density at radius 1 is 1.16 bits per heavy atom. The largest absolute Gasteiger partial charge is 0.378 e. The smallest absolute Gasteiger partial charge is 0.237 e. The molecule has 1 aliphatic rings. The second kappa shape index (κ2) is 7.59.